The summed E-state index contributed by atoms with van der Waals surface area (Å²) in [6.45, 7) is 13.3. The molecule has 2 nitrogen and oxygen atoms in total. The molecule has 1 aliphatic rings. The van der Waals surface area contributed by atoms with Crippen molar-refractivity contribution >= 4 is 0 Å². The summed E-state index contributed by atoms with van der Waals surface area (Å²) < 4.78 is 5.53. The van der Waals surface area contributed by atoms with Gasteiger partial charge in [-0.05, 0) is 42.3 Å². The van der Waals surface area contributed by atoms with Crippen LogP contribution in [0.5, 0.6) is 0 Å². The van der Waals surface area contributed by atoms with Crippen LogP contribution in [0.2, 0.25) is 0 Å². The standard InChI is InChI=1S/C14H23NO/c1-10-6-7-11(16-10)8-15-9-12-13(2,3)14(12,4)5/h6-7,12,15H,8-9H2,1-5H3. The van der Waals surface area contributed by atoms with Gasteiger partial charge in [-0.15, -0.1) is 0 Å². The topological polar surface area (TPSA) is 25.2 Å². The lowest BCUT2D eigenvalue weighted by atomic mass is 10.0. The van der Waals surface area contributed by atoms with Gasteiger partial charge in [0.2, 0.25) is 0 Å². The van der Waals surface area contributed by atoms with Crippen molar-refractivity contribution < 1.29 is 4.42 Å². The van der Waals surface area contributed by atoms with Crippen LogP contribution in [0.4, 0.5) is 0 Å². The number of rotatable bonds is 4. The van der Waals surface area contributed by atoms with Gasteiger partial charge in [-0.3, -0.25) is 0 Å². The van der Waals surface area contributed by atoms with Crippen molar-refractivity contribution in [2.75, 3.05) is 6.54 Å². The first-order valence-electron chi connectivity index (χ1n) is 6.12. The van der Waals surface area contributed by atoms with E-state index in [0.717, 1.165) is 30.5 Å². The Kier molecular flexibility index (Phi) is 2.66. The van der Waals surface area contributed by atoms with E-state index in [0.29, 0.717) is 10.8 Å². The molecule has 0 bridgehead atoms. The zero-order chi connectivity index (χ0) is 12.0. The van der Waals surface area contributed by atoms with Crippen molar-refractivity contribution in [1.82, 2.24) is 5.32 Å². The number of hydrogen-bond donors (Lipinski definition) is 1. The molecule has 2 heteroatoms. The molecule has 1 saturated carbocycles. The summed E-state index contributed by atoms with van der Waals surface area (Å²) >= 11 is 0. The fraction of sp³-hybridized carbons (Fsp3) is 0.714. The summed E-state index contributed by atoms with van der Waals surface area (Å²) in [7, 11) is 0. The zero-order valence-corrected chi connectivity index (χ0v) is 11.1. The molecule has 1 aromatic rings. The molecule has 0 aliphatic heterocycles. The van der Waals surface area contributed by atoms with Crippen molar-refractivity contribution in [1.29, 1.82) is 0 Å². The SMILES string of the molecule is Cc1ccc(CNCC2C(C)(C)C2(C)C)o1. The summed E-state index contributed by atoms with van der Waals surface area (Å²) in [5.74, 6) is 2.80. The van der Waals surface area contributed by atoms with E-state index < -0.39 is 0 Å². The van der Waals surface area contributed by atoms with Crippen molar-refractivity contribution in [2.24, 2.45) is 16.7 Å². The van der Waals surface area contributed by atoms with Crippen LogP contribution in [0.25, 0.3) is 0 Å². The highest BCUT2D eigenvalue weighted by molar-refractivity contribution is 5.13. The highest BCUT2D eigenvalue weighted by Gasteiger charge is 2.63. The normalized spacial score (nSPS) is 22.3. The molecule has 1 aliphatic carbocycles. The van der Waals surface area contributed by atoms with Gasteiger partial charge >= 0.3 is 0 Å². The second kappa shape index (κ2) is 3.63. The number of aryl methyl sites for hydroxylation is 1. The third-order valence-electron chi connectivity index (χ3n) is 4.76. The Morgan fingerprint density at radius 3 is 2.25 bits per heavy atom. The number of nitrogens with one attached hydrogen (secondary N) is 1. The molecule has 1 fully saturated rings. The zero-order valence-electron chi connectivity index (χ0n) is 11.1. The van der Waals surface area contributed by atoms with Crippen molar-refractivity contribution in [2.45, 2.75) is 41.2 Å². The first-order valence-corrected chi connectivity index (χ1v) is 6.12. The molecule has 0 atom stereocenters. The van der Waals surface area contributed by atoms with Crippen LogP contribution in [-0.4, -0.2) is 6.54 Å². The number of hydrogen-bond acceptors (Lipinski definition) is 2. The Balaban J connectivity index is 1.78. The van der Waals surface area contributed by atoms with E-state index in [2.05, 4.69) is 33.0 Å². The molecule has 0 amide bonds. The molecule has 1 heterocycles. The van der Waals surface area contributed by atoms with Crippen LogP contribution in [0, 0.1) is 23.7 Å². The second-order valence-corrected chi connectivity index (χ2v) is 6.14. The Labute approximate surface area is 98.4 Å². The van der Waals surface area contributed by atoms with Gasteiger partial charge in [-0.25, -0.2) is 0 Å². The largest absolute Gasteiger partial charge is 0.465 e. The minimum atomic E-state index is 0.471. The second-order valence-electron chi connectivity index (χ2n) is 6.14. The van der Waals surface area contributed by atoms with E-state index in [-0.39, 0.29) is 0 Å². The third-order valence-corrected chi connectivity index (χ3v) is 4.76. The highest BCUT2D eigenvalue weighted by Crippen LogP contribution is 2.67. The maximum Gasteiger partial charge on any atom is 0.117 e. The maximum absolute atomic E-state index is 5.53. The Morgan fingerprint density at radius 1 is 1.19 bits per heavy atom. The van der Waals surface area contributed by atoms with Crippen LogP contribution >= 0.6 is 0 Å². The molecule has 1 N–H and O–H groups in total. The molecular weight excluding hydrogens is 198 g/mol. The van der Waals surface area contributed by atoms with E-state index in [9.17, 15) is 0 Å². The van der Waals surface area contributed by atoms with E-state index in [1.165, 1.54) is 0 Å². The Morgan fingerprint density at radius 2 is 1.81 bits per heavy atom. The minimum Gasteiger partial charge on any atom is -0.465 e. The first-order chi connectivity index (χ1) is 7.35. The Bertz CT molecular complexity index is 362. The lowest BCUT2D eigenvalue weighted by Gasteiger charge is -2.04. The fourth-order valence-corrected chi connectivity index (χ4v) is 2.76. The van der Waals surface area contributed by atoms with E-state index in [1.807, 2.05) is 19.1 Å². The summed E-state index contributed by atoms with van der Waals surface area (Å²) in [5, 5.41) is 3.49. The van der Waals surface area contributed by atoms with Crippen LogP contribution in [0.3, 0.4) is 0 Å². The van der Waals surface area contributed by atoms with E-state index >= 15 is 0 Å². The van der Waals surface area contributed by atoms with Crippen LogP contribution in [0.1, 0.15) is 39.2 Å². The first kappa shape index (κ1) is 11.7. The van der Waals surface area contributed by atoms with Gasteiger partial charge in [-0.1, -0.05) is 27.7 Å². The smallest absolute Gasteiger partial charge is 0.117 e. The fourth-order valence-electron chi connectivity index (χ4n) is 2.76. The monoisotopic (exact) mass is 221 g/mol. The molecule has 0 saturated heterocycles. The molecule has 0 unspecified atom stereocenters. The van der Waals surface area contributed by atoms with Crippen molar-refractivity contribution in [3.8, 4) is 0 Å². The Hall–Kier alpha value is -0.760. The molecule has 16 heavy (non-hydrogen) atoms. The average Bonchev–Trinajstić information content (AvgIpc) is 2.53. The average molecular weight is 221 g/mol. The summed E-state index contributed by atoms with van der Waals surface area (Å²) in [6.07, 6.45) is 0. The summed E-state index contributed by atoms with van der Waals surface area (Å²) in [5.41, 5.74) is 0.943. The molecule has 0 radical (unpaired) electrons. The highest BCUT2D eigenvalue weighted by atomic mass is 16.3. The van der Waals surface area contributed by atoms with Crippen LogP contribution in [0.15, 0.2) is 16.5 Å². The predicted octanol–water partition coefficient (Wildman–Crippen LogP) is 3.36. The maximum atomic E-state index is 5.53. The molecule has 0 aromatic carbocycles. The predicted molar refractivity (Wildman–Crippen MR) is 66.2 cm³/mol. The molecule has 1 aromatic heterocycles. The third kappa shape index (κ3) is 1.80. The number of furan rings is 1. The van der Waals surface area contributed by atoms with E-state index in [4.69, 9.17) is 4.42 Å². The van der Waals surface area contributed by atoms with Gasteiger partial charge in [0.25, 0.3) is 0 Å². The van der Waals surface area contributed by atoms with Gasteiger partial charge in [0.1, 0.15) is 11.5 Å². The minimum absolute atomic E-state index is 0.471. The van der Waals surface area contributed by atoms with Gasteiger partial charge in [0, 0.05) is 0 Å². The molecular formula is C14H23NO. The van der Waals surface area contributed by atoms with Gasteiger partial charge in [0.05, 0.1) is 6.54 Å². The van der Waals surface area contributed by atoms with Crippen LogP contribution < -0.4 is 5.32 Å². The van der Waals surface area contributed by atoms with E-state index in [1.54, 1.807) is 0 Å². The quantitative estimate of drug-likeness (QED) is 0.843. The lowest BCUT2D eigenvalue weighted by molar-refractivity contribution is 0.447. The van der Waals surface area contributed by atoms with Crippen molar-refractivity contribution in [3.05, 3.63) is 23.7 Å². The van der Waals surface area contributed by atoms with Gasteiger partial charge < -0.3 is 9.73 Å². The van der Waals surface area contributed by atoms with Gasteiger partial charge in [-0.2, -0.15) is 0 Å². The molecule has 0 spiro atoms. The van der Waals surface area contributed by atoms with Gasteiger partial charge in [0.15, 0.2) is 0 Å². The molecule has 2 rings (SSSR count). The van der Waals surface area contributed by atoms with Crippen LogP contribution in [-0.2, 0) is 6.54 Å². The molecule has 90 valence electrons. The summed E-state index contributed by atoms with van der Waals surface area (Å²) in [4.78, 5) is 0. The van der Waals surface area contributed by atoms with Crippen molar-refractivity contribution in [3.63, 3.8) is 0 Å². The lowest BCUT2D eigenvalue weighted by Crippen LogP contribution is -2.18. The summed E-state index contributed by atoms with van der Waals surface area (Å²) in [6, 6.07) is 4.06.